The van der Waals surface area contributed by atoms with Crippen molar-refractivity contribution in [3.05, 3.63) is 70.5 Å². The first-order chi connectivity index (χ1) is 13.1. The van der Waals surface area contributed by atoms with E-state index < -0.39 is 0 Å². The summed E-state index contributed by atoms with van der Waals surface area (Å²) in [6, 6.07) is 15.1. The minimum Gasteiger partial charge on any atom is -0.329 e. The van der Waals surface area contributed by atoms with Crippen LogP contribution in [0.4, 0.5) is 0 Å². The van der Waals surface area contributed by atoms with Crippen LogP contribution in [-0.2, 0) is 0 Å². The van der Waals surface area contributed by atoms with Gasteiger partial charge in [0, 0.05) is 35.8 Å². The van der Waals surface area contributed by atoms with Gasteiger partial charge in [0.1, 0.15) is 5.82 Å². The maximum Gasteiger partial charge on any atom is 0.254 e. The van der Waals surface area contributed by atoms with E-state index in [2.05, 4.69) is 20.5 Å². The number of aromatic amines is 1. The molecule has 1 aromatic heterocycles. The second-order valence-corrected chi connectivity index (χ2v) is 7.03. The van der Waals surface area contributed by atoms with E-state index in [1.165, 1.54) is 0 Å². The highest BCUT2D eigenvalue weighted by molar-refractivity contribution is 6.30. The van der Waals surface area contributed by atoms with Gasteiger partial charge in [0.15, 0.2) is 5.82 Å². The van der Waals surface area contributed by atoms with Gasteiger partial charge in [-0.1, -0.05) is 35.9 Å². The molecule has 146 valence electrons. The number of hydrogen-bond acceptors (Lipinski definition) is 4. The predicted molar refractivity (Wildman–Crippen MR) is 112 cm³/mol. The highest BCUT2D eigenvalue weighted by atomic mass is 35.5. The zero-order valence-corrected chi connectivity index (χ0v) is 16.9. The van der Waals surface area contributed by atoms with E-state index in [0.29, 0.717) is 29.5 Å². The number of nitrogens with zero attached hydrogens (tertiary/aromatic N) is 3. The molecule has 8 heteroatoms. The number of piperazine rings is 1. The summed E-state index contributed by atoms with van der Waals surface area (Å²) in [5.41, 5.74) is 2.57. The summed E-state index contributed by atoms with van der Waals surface area (Å²) in [4.78, 5) is 19.4. The smallest absolute Gasteiger partial charge is 0.254 e. The van der Waals surface area contributed by atoms with Gasteiger partial charge in [0.25, 0.3) is 5.91 Å². The predicted octanol–water partition coefficient (Wildman–Crippen LogP) is 3.64. The van der Waals surface area contributed by atoms with Crippen molar-refractivity contribution in [2.24, 2.45) is 0 Å². The summed E-state index contributed by atoms with van der Waals surface area (Å²) in [6.07, 6.45) is 0. The van der Waals surface area contributed by atoms with Crippen molar-refractivity contribution in [3.63, 3.8) is 0 Å². The molecule has 3 aromatic rings. The van der Waals surface area contributed by atoms with Gasteiger partial charge in [-0.25, -0.2) is 4.98 Å². The average Bonchev–Trinajstić information content (AvgIpc) is 3.14. The Bertz CT molecular complexity index is 957. The summed E-state index contributed by atoms with van der Waals surface area (Å²) in [6.45, 7) is 3.99. The van der Waals surface area contributed by atoms with Crippen molar-refractivity contribution in [2.45, 2.75) is 13.0 Å². The molecule has 1 amide bonds. The number of amides is 1. The highest BCUT2D eigenvalue weighted by Crippen LogP contribution is 2.26. The summed E-state index contributed by atoms with van der Waals surface area (Å²) in [5.74, 6) is 1.40. The SMILES string of the molecule is Cc1nc(-c2ccc(C(=O)N3CCNCC3c3cccc(Cl)c3)cc2)n[nH]1.Cl. The molecule has 0 spiro atoms. The summed E-state index contributed by atoms with van der Waals surface area (Å²) in [7, 11) is 0. The van der Waals surface area contributed by atoms with Crippen LogP contribution in [0.25, 0.3) is 11.4 Å². The first-order valence-corrected chi connectivity index (χ1v) is 9.26. The van der Waals surface area contributed by atoms with E-state index in [4.69, 9.17) is 11.6 Å². The van der Waals surface area contributed by atoms with Crippen molar-refractivity contribution in [2.75, 3.05) is 19.6 Å². The van der Waals surface area contributed by atoms with Gasteiger partial charge >= 0.3 is 0 Å². The highest BCUT2D eigenvalue weighted by Gasteiger charge is 2.28. The molecule has 0 saturated carbocycles. The van der Waals surface area contributed by atoms with Gasteiger partial charge < -0.3 is 10.2 Å². The van der Waals surface area contributed by atoms with Crippen LogP contribution in [0.15, 0.2) is 48.5 Å². The fourth-order valence-electron chi connectivity index (χ4n) is 3.36. The Labute approximate surface area is 174 Å². The molecule has 1 atom stereocenters. The lowest BCUT2D eigenvalue weighted by atomic mass is 10.0. The van der Waals surface area contributed by atoms with Crippen molar-refractivity contribution < 1.29 is 4.79 Å². The van der Waals surface area contributed by atoms with Crippen LogP contribution in [0.2, 0.25) is 5.02 Å². The zero-order chi connectivity index (χ0) is 18.8. The van der Waals surface area contributed by atoms with Gasteiger partial charge in [-0.3, -0.25) is 9.89 Å². The van der Waals surface area contributed by atoms with E-state index in [1.807, 2.05) is 60.4 Å². The second-order valence-electron chi connectivity index (χ2n) is 6.60. The number of rotatable bonds is 3. The molecule has 6 nitrogen and oxygen atoms in total. The monoisotopic (exact) mass is 417 g/mol. The average molecular weight is 418 g/mol. The number of nitrogens with one attached hydrogen (secondary N) is 2. The number of aromatic nitrogens is 3. The molecule has 0 bridgehead atoms. The van der Waals surface area contributed by atoms with E-state index in [-0.39, 0.29) is 24.4 Å². The molecule has 1 unspecified atom stereocenters. The number of carbonyl (C=O) groups is 1. The molecular formula is C20H21Cl2N5O. The number of aryl methyl sites for hydroxylation is 1. The molecular weight excluding hydrogens is 397 g/mol. The Morgan fingerprint density at radius 3 is 2.68 bits per heavy atom. The minimum atomic E-state index is -0.0414. The number of halogens is 2. The van der Waals surface area contributed by atoms with Crippen LogP contribution in [0.5, 0.6) is 0 Å². The van der Waals surface area contributed by atoms with Crippen LogP contribution in [0, 0.1) is 6.92 Å². The Hall–Kier alpha value is -2.41. The Balaban J connectivity index is 0.00000225. The van der Waals surface area contributed by atoms with Gasteiger partial charge in [-0.2, -0.15) is 5.10 Å². The largest absolute Gasteiger partial charge is 0.329 e. The Kier molecular flexibility index (Phi) is 6.34. The van der Waals surface area contributed by atoms with E-state index in [1.54, 1.807) is 0 Å². The molecule has 4 rings (SSSR count). The lowest BCUT2D eigenvalue weighted by molar-refractivity contribution is 0.0634. The maximum atomic E-state index is 13.1. The third kappa shape index (κ3) is 4.19. The molecule has 0 radical (unpaired) electrons. The van der Waals surface area contributed by atoms with Gasteiger partial charge in [0.05, 0.1) is 6.04 Å². The number of benzene rings is 2. The van der Waals surface area contributed by atoms with E-state index in [9.17, 15) is 4.79 Å². The minimum absolute atomic E-state index is 0. The summed E-state index contributed by atoms with van der Waals surface area (Å²) in [5, 5.41) is 11.0. The lowest BCUT2D eigenvalue weighted by Gasteiger charge is -2.36. The number of carbonyl (C=O) groups excluding carboxylic acids is 1. The van der Waals surface area contributed by atoms with Crippen LogP contribution in [-0.4, -0.2) is 45.6 Å². The van der Waals surface area contributed by atoms with Gasteiger partial charge in [-0.05, 0) is 36.8 Å². The standard InChI is InChI=1S/C20H20ClN5O.ClH/c1-13-23-19(25-24-13)14-5-7-15(8-6-14)20(27)26-10-9-22-12-18(26)16-3-2-4-17(21)11-16;/h2-8,11,18,22H,9-10,12H2,1H3,(H,23,24,25);1H. The van der Waals surface area contributed by atoms with Crippen molar-refractivity contribution >= 4 is 29.9 Å². The van der Waals surface area contributed by atoms with Crippen molar-refractivity contribution in [1.29, 1.82) is 0 Å². The quantitative estimate of drug-likeness (QED) is 0.681. The Morgan fingerprint density at radius 1 is 1.21 bits per heavy atom. The van der Waals surface area contributed by atoms with Crippen LogP contribution in [0.1, 0.15) is 27.8 Å². The maximum absolute atomic E-state index is 13.1. The first-order valence-electron chi connectivity index (χ1n) is 8.88. The normalized spacial score (nSPS) is 16.5. The number of H-pyrrole nitrogens is 1. The van der Waals surface area contributed by atoms with Crippen molar-refractivity contribution in [3.8, 4) is 11.4 Å². The summed E-state index contributed by atoms with van der Waals surface area (Å²) < 4.78 is 0. The van der Waals surface area contributed by atoms with Crippen LogP contribution < -0.4 is 5.32 Å². The molecule has 2 aromatic carbocycles. The van der Waals surface area contributed by atoms with E-state index >= 15 is 0 Å². The zero-order valence-electron chi connectivity index (χ0n) is 15.4. The van der Waals surface area contributed by atoms with Gasteiger partial charge in [-0.15, -0.1) is 12.4 Å². The topological polar surface area (TPSA) is 73.9 Å². The third-order valence-corrected chi connectivity index (χ3v) is 4.96. The van der Waals surface area contributed by atoms with Gasteiger partial charge in [0.2, 0.25) is 0 Å². The summed E-state index contributed by atoms with van der Waals surface area (Å²) >= 11 is 6.15. The fraction of sp³-hybridized carbons (Fsp3) is 0.250. The number of hydrogen-bond donors (Lipinski definition) is 2. The van der Waals surface area contributed by atoms with Crippen LogP contribution in [0.3, 0.4) is 0 Å². The fourth-order valence-corrected chi connectivity index (χ4v) is 3.56. The molecule has 1 fully saturated rings. The Morgan fingerprint density at radius 2 is 2.00 bits per heavy atom. The van der Waals surface area contributed by atoms with Crippen LogP contribution >= 0.6 is 24.0 Å². The molecule has 2 heterocycles. The molecule has 28 heavy (non-hydrogen) atoms. The molecule has 1 aliphatic heterocycles. The van der Waals surface area contributed by atoms with E-state index in [0.717, 1.165) is 23.5 Å². The molecule has 2 N–H and O–H groups in total. The lowest BCUT2D eigenvalue weighted by Crippen LogP contribution is -2.48. The first kappa shape index (κ1) is 20.3. The third-order valence-electron chi connectivity index (χ3n) is 4.72. The van der Waals surface area contributed by atoms with Crippen molar-refractivity contribution in [1.82, 2.24) is 25.4 Å². The second kappa shape index (κ2) is 8.73. The molecule has 1 saturated heterocycles. The molecule has 1 aliphatic rings. The molecule has 0 aliphatic carbocycles.